The average molecular weight is 267 g/mol. The molecule has 0 spiro atoms. The van der Waals surface area contributed by atoms with E-state index in [4.69, 9.17) is 4.74 Å². The van der Waals surface area contributed by atoms with Crippen LogP contribution in [0.25, 0.3) is 0 Å². The quantitative estimate of drug-likeness (QED) is 0.798. The molecule has 2 fully saturated rings. The first kappa shape index (κ1) is 14.4. The summed E-state index contributed by atoms with van der Waals surface area (Å²) in [6.45, 7) is 7.71. The van der Waals surface area contributed by atoms with Crippen molar-refractivity contribution in [2.45, 2.75) is 65.0 Å². The Balaban J connectivity index is 1.72. The van der Waals surface area contributed by atoms with Crippen molar-refractivity contribution in [1.29, 1.82) is 0 Å². The second kappa shape index (κ2) is 5.14. The van der Waals surface area contributed by atoms with Gasteiger partial charge in [-0.3, -0.25) is 9.59 Å². The highest BCUT2D eigenvalue weighted by Crippen LogP contribution is 2.44. The summed E-state index contributed by atoms with van der Waals surface area (Å²) in [5.41, 5.74) is -0.402. The zero-order valence-corrected chi connectivity index (χ0v) is 12.4. The number of nitrogens with one attached hydrogen (secondary N) is 1. The molecule has 4 heteroatoms. The summed E-state index contributed by atoms with van der Waals surface area (Å²) >= 11 is 0. The second-order valence-electron chi connectivity index (χ2n) is 7.14. The van der Waals surface area contributed by atoms with Gasteiger partial charge in [0.25, 0.3) is 0 Å². The SMILES string of the molecule is C[C@H]1C[C@H](C2CC(CC(=O)OC(C)(C)C)C2)C(=O)N1. The Hall–Kier alpha value is -1.06. The van der Waals surface area contributed by atoms with Gasteiger partial charge >= 0.3 is 5.97 Å². The molecular formula is C15H25NO3. The molecular weight excluding hydrogens is 242 g/mol. The van der Waals surface area contributed by atoms with Crippen LogP contribution in [-0.2, 0) is 14.3 Å². The van der Waals surface area contributed by atoms with E-state index in [0.29, 0.717) is 24.3 Å². The summed E-state index contributed by atoms with van der Waals surface area (Å²) in [5.74, 6) is 1.14. The van der Waals surface area contributed by atoms with Gasteiger partial charge in [0.1, 0.15) is 5.60 Å². The molecule has 1 aliphatic heterocycles. The van der Waals surface area contributed by atoms with E-state index in [9.17, 15) is 9.59 Å². The van der Waals surface area contributed by atoms with Crippen LogP contribution < -0.4 is 5.32 Å². The number of carbonyl (C=O) groups is 2. The molecule has 2 rings (SSSR count). The zero-order chi connectivity index (χ0) is 14.2. The van der Waals surface area contributed by atoms with Crippen molar-refractivity contribution < 1.29 is 14.3 Å². The van der Waals surface area contributed by atoms with Crippen LogP contribution in [-0.4, -0.2) is 23.5 Å². The molecule has 1 N–H and O–H groups in total. The lowest BCUT2D eigenvalue weighted by molar-refractivity contribution is -0.157. The van der Waals surface area contributed by atoms with E-state index in [1.807, 2.05) is 20.8 Å². The van der Waals surface area contributed by atoms with Crippen molar-refractivity contribution in [3.63, 3.8) is 0 Å². The standard InChI is InChI=1S/C15H25NO3/c1-9-5-12(14(18)16-9)11-6-10(7-11)8-13(17)19-15(2,3)4/h9-12H,5-8H2,1-4H3,(H,16,18)/t9-,10?,11?,12+/m0/s1. The van der Waals surface area contributed by atoms with Crippen molar-refractivity contribution in [1.82, 2.24) is 5.32 Å². The normalized spacial score (nSPS) is 34.6. The molecule has 0 aromatic rings. The third kappa shape index (κ3) is 3.71. The molecule has 2 atom stereocenters. The summed E-state index contributed by atoms with van der Waals surface area (Å²) in [5, 5.41) is 2.97. The number of hydrogen-bond donors (Lipinski definition) is 1. The van der Waals surface area contributed by atoms with Crippen LogP contribution in [0.2, 0.25) is 0 Å². The van der Waals surface area contributed by atoms with Gasteiger partial charge in [-0.2, -0.15) is 0 Å². The van der Waals surface area contributed by atoms with E-state index >= 15 is 0 Å². The van der Waals surface area contributed by atoms with E-state index in [1.54, 1.807) is 0 Å². The van der Waals surface area contributed by atoms with Crippen LogP contribution in [0.4, 0.5) is 0 Å². The maximum absolute atomic E-state index is 11.7. The van der Waals surface area contributed by atoms with Crippen LogP contribution in [0.15, 0.2) is 0 Å². The molecule has 1 heterocycles. The van der Waals surface area contributed by atoms with E-state index in [-0.39, 0.29) is 17.8 Å². The fourth-order valence-corrected chi connectivity index (χ4v) is 3.20. The first-order valence-corrected chi connectivity index (χ1v) is 7.27. The summed E-state index contributed by atoms with van der Waals surface area (Å²) in [6, 6.07) is 0.308. The lowest BCUT2D eigenvalue weighted by Gasteiger charge is -2.38. The predicted molar refractivity (Wildman–Crippen MR) is 72.4 cm³/mol. The van der Waals surface area contributed by atoms with Gasteiger partial charge in [-0.05, 0) is 58.8 Å². The Morgan fingerprint density at radius 1 is 1.32 bits per heavy atom. The largest absolute Gasteiger partial charge is 0.460 e. The Morgan fingerprint density at radius 2 is 1.95 bits per heavy atom. The minimum Gasteiger partial charge on any atom is -0.460 e. The van der Waals surface area contributed by atoms with Gasteiger partial charge in [0.15, 0.2) is 0 Å². The molecule has 0 bridgehead atoms. The van der Waals surface area contributed by atoms with Gasteiger partial charge in [0, 0.05) is 18.4 Å². The molecule has 0 aromatic heterocycles. The number of esters is 1. The van der Waals surface area contributed by atoms with Crippen molar-refractivity contribution >= 4 is 11.9 Å². The number of hydrogen-bond acceptors (Lipinski definition) is 3. The number of ether oxygens (including phenoxy) is 1. The van der Waals surface area contributed by atoms with E-state index in [0.717, 1.165) is 19.3 Å². The molecule has 2 aliphatic rings. The Labute approximate surface area is 115 Å². The minimum atomic E-state index is -0.402. The van der Waals surface area contributed by atoms with E-state index in [2.05, 4.69) is 12.2 Å². The molecule has 1 saturated carbocycles. The van der Waals surface area contributed by atoms with Gasteiger partial charge < -0.3 is 10.1 Å². The van der Waals surface area contributed by atoms with Crippen molar-refractivity contribution in [2.75, 3.05) is 0 Å². The summed E-state index contributed by atoms with van der Waals surface area (Å²) in [4.78, 5) is 23.4. The van der Waals surface area contributed by atoms with Crippen LogP contribution in [0.3, 0.4) is 0 Å². The van der Waals surface area contributed by atoms with Crippen molar-refractivity contribution in [3.8, 4) is 0 Å². The third-order valence-corrected chi connectivity index (χ3v) is 4.05. The third-order valence-electron chi connectivity index (χ3n) is 4.05. The molecule has 0 unspecified atom stereocenters. The molecule has 108 valence electrons. The second-order valence-corrected chi connectivity index (χ2v) is 7.14. The molecule has 1 saturated heterocycles. The monoisotopic (exact) mass is 267 g/mol. The fourth-order valence-electron chi connectivity index (χ4n) is 3.20. The van der Waals surface area contributed by atoms with Gasteiger partial charge in [-0.25, -0.2) is 0 Å². The summed E-state index contributed by atoms with van der Waals surface area (Å²) in [6.07, 6.45) is 3.43. The van der Waals surface area contributed by atoms with Gasteiger partial charge in [-0.1, -0.05) is 0 Å². The topological polar surface area (TPSA) is 55.4 Å². The van der Waals surface area contributed by atoms with Crippen LogP contribution in [0.1, 0.15) is 53.4 Å². The highest BCUT2D eigenvalue weighted by molar-refractivity contribution is 5.81. The predicted octanol–water partition coefficient (Wildman–Crippen LogP) is 2.27. The van der Waals surface area contributed by atoms with E-state index < -0.39 is 5.60 Å². The van der Waals surface area contributed by atoms with Crippen LogP contribution in [0, 0.1) is 17.8 Å². The van der Waals surface area contributed by atoms with Crippen molar-refractivity contribution in [3.05, 3.63) is 0 Å². The smallest absolute Gasteiger partial charge is 0.306 e. The highest BCUT2D eigenvalue weighted by Gasteiger charge is 2.43. The summed E-state index contributed by atoms with van der Waals surface area (Å²) < 4.78 is 5.32. The number of carbonyl (C=O) groups excluding carboxylic acids is 2. The first-order valence-electron chi connectivity index (χ1n) is 7.27. The number of amides is 1. The molecule has 4 nitrogen and oxygen atoms in total. The molecule has 1 amide bonds. The zero-order valence-electron chi connectivity index (χ0n) is 12.4. The minimum absolute atomic E-state index is 0.111. The maximum Gasteiger partial charge on any atom is 0.306 e. The van der Waals surface area contributed by atoms with E-state index in [1.165, 1.54) is 0 Å². The molecule has 19 heavy (non-hydrogen) atoms. The fraction of sp³-hybridized carbons (Fsp3) is 0.867. The highest BCUT2D eigenvalue weighted by atomic mass is 16.6. The Bertz CT molecular complexity index is 366. The average Bonchev–Trinajstić information content (AvgIpc) is 2.47. The van der Waals surface area contributed by atoms with Crippen molar-refractivity contribution in [2.24, 2.45) is 17.8 Å². The van der Waals surface area contributed by atoms with Crippen LogP contribution >= 0.6 is 0 Å². The first-order chi connectivity index (χ1) is 8.74. The molecule has 1 aliphatic carbocycles. The Kier molecular flexibility index (Phi) is 3.88. The van der Waals surface area contributed by atoms with Gasteiger partial charge in [0.05, 0.1) is 0 Å². The number of rotatable bonds is 3. The van der Waals surface area contributed by atoms with Gasteiger partial charge in [0.2, 0.25) is 5.91 Å². The lowest BCUT2D eigenvalue weighted by atomic mass is 9.66. The van der Waals surface area contributed by atoms with Crippen LogP contribution in [0.5, 0.6) is 0 Å². The summed E-state index contributed by atoms with van der Waals surface area (Å²) in [7, 11) is 0. The molecule has 0 aromatic carbocycles. The van der Waals surface area contributed by atoms with Gasteiger partial charge in [-0.15, -0.1) is 0 Å². The Morgan fingerprint density at radius 3 is 2.42 bits per heavy atom. The maximum atomic E-state index is 11.7. The molecule has 0 radical (unpaired) electrons. The lowest BCUT2D eigenvalue weighted by Crippen LogP contribution is -2.36.